The Bertz CT molecular complexity index is 392. The van der Waals surface area contributed by atoms with Crippen LogP contribution in [0.1, 0.15) is 11.1 Å². The van der Waals surface area contributed by atoms with Gasteiger partial charge in [0.15, 0.2) is 0 Å². The highest BCUT2D eigenvalue weighted by atomic mass is 79.9. The summed E-state index contributed by atoms with van der Waals surface area (Å²) in [5, 5.41) is 10.5. The topological polar surface area (TPSA) is 43.1 Å². The summed E-state index contributed by atoms with van der Waals surface area (Å²) in [6.45, 7) is 0. The Morgan fingerprint density at radius 3 is 2.40 bits per heavy atom. The van der Waals surface area contributed by atoms with Crippen molar-refractivity contribution in [1.82, 2.24) is 0 Å². The van der Waals surface area contributed by atoms with Crippen molar-refractivity contribution >= 4 is 21.6 Å². The molecule has 0 N–H and O–H groups in total. The zero-order valence-electron chi connectivity index (χ0n) is 7.21. The third-order valence-electron chi connectivity index (χ3n) is 1.75. The predicted octanol–water partition coefficient (Wildman–Crippen LogP) is 3.51. The van der Waals surface area contributed by atoms with Gasteiger partial charge < -0.3 is 0 Å². The molecule has 0 aliphatic rings. The van der Waals surface area contributed by atoms with E-state index in [2.05, 4.69) is 15.9 Å². The van der Waals surface area contributed by atoms with Crippen LogP contribution in [-0.4, -0.2) is 4.92 Å². The molecule has 0 saturated carbocycles. The first-order valence-electron chi connectivity index (χ1n) is 3.76. The third-order valence-corrected chi connectivity index (χ3v) is 2.35. The Kier molecular flexibility index (Phi) is 3.33. The van der Waals surface area contributed by atoms with Crippen LogP contribution in [0.15, 0.2) is 18.2 Å². The fourth-order valence-electron chi connectivity index (χ4n) is 1.05. The molecule has 1 aromatic rings. The van der Waals surface area contributed by atoms with Gasteiger partial charge in [-0.25, -0.2) is 0 Å². The van der Waals surface area contributed by atoms with E-state index < -0.39 is 16.7 Å². The number of rotatable bonds is 2. The summed E-state index contributed by atoms with van der Waals surface area (Å²) in [7, 11) is 0. The predicted molar refractivity (Wildman–Crippen MR) is 50.7 cm³/mol. The highest BCUT2D eigenvalue weighted by Crippen LogP contribution is 2.33. The summed E-state index contributed by atoms with van der Waals surface area (Å²) in [4.78, 5) is 9.73. The van der Waals surface area contributed by atoms with Crippen LogP contribution in [-0.2, 0) is 11.5 Å². The van der Waals surface area contributed by atoms with E-state index in [4.69, 9.17) is 0 Å². The number of nitro benzene ring substituents is 1. The summed E-state index contributed by atoms with van der Waals surface area (Å²) in [5.41, 5.74) is -1.20. The first kappa shape index (κ1) is 12.0. The molecule has 3 nitrogen and oxygen atoms in total. The molecule has 0 aromatic heterocycles. The summed E-state index contributed by atoms with van der Waals surface area (Å²) >= 11 is 2.91. The molecule has 82 valence electrons. The number of nitro groups is 1. The largest absolute Gasteiger partial charge is 0.416 e. The molecule has 0 saturated heterocycles. The minimum Gasteiger partial charge on any atom is -0.258 e. The van der Waals surface area contributed by atoms with Gasteiger partial charge in [-0.3, -0.25) is 10.1 Å². The van der Waals surface area contributed by atoms with Gasteiger partial charge in [0.05, 0.1) is 10.5 Å². The molecular weight excluding hydrogens is 279 g/mol. The van der Waals surface area contributed by atoms with E-state index in [-0.39, 0.29) is 16.6 Å². The van der Waals surface area contributed by atoms with Crippen molar-refractivity contribution in [2.75, 3.05) is 0 Å². The summed E-state index contributed by atoms with van der Waals surface area (Å²) in [6.07, 6.45) is -4.48. The van der Waals surface area contributed by atoms with Crippen molar-refractivity contribution in [3.05, 3.63) is 39.4 Å². The standard InChI is InChI=1S/C8H5BrF3NO2/c9-4-5-3-6(8(10,11)12)1-2-7(5)13(14)15/h1-3H,4H2. The van der Waals surface area contributed by atoms with E-state index in [1.54, 1.807) is 0 Å². The second kappa shape index (κ2) is 4.18. The zero-order chi connectivity index (χ0) is 11.6. The van der Waals surface area contributed by atoms with Crippen LogP contribution < -0.4 is 0 Å². The van der Waals surface area contributed by atoms with Crippen molar-refractivity contribution in [2.24, 2.45) is 0 Å². The van der Waals surface area contributed by atoms with Gasteiger partial charge in [0, 0.05) is 17.0 Å². The van der Waals surface area contributed by atoms with Crippen molar-refractivity contribution < 1.29 is 18.1 Å². The maximum atomic E-state index is 12.3. The molecular formula is C8H5BrF3NO2. The van der Waals surface area contributed by atoms with Crippen molar-refractivity contribution in [3.8, 4) is 0 Å². The maximum Gasteiger partial charge on any atom is 0.416 e. The lowest BCUT2D eigenvalue weighted by Gasteiger charge is -2.07. The summed E-state index contributed by atoms with van der Waals surface area (Å²) < 4.78 is 36.8. The van der Waals surface area contributed by atoms with Crippen LogP contribution >= 0.6 is 15.9 Å². The van der Waals surface area contributed by atoms with E-state index in [1.807, 2.05) is 0 Å². The van der Waals surface area contributed by atoms with E-state index in [0.29, 0.717) is 6.07 Å². The van der Waals surface area contributed by atoms with Crippen LogP contribution in [0.5, 0.6) is 0 Å². The van der Waals surface area contributed by atoms with Gasteiger partial charge in [0.25, 0.3) is 5.69 Å². The summed E-state index contributed by atoms with van der Waals surface area (Å²) in [6, 6.07) is 2.33. The molecule has 0 radical (unpaired) electrons. The van der Waals surface area contributed by atoms with Gasteiger partial charge in [-0.15, -0.1) is 0 Å². The van der Waals surface area contributed by atoms with Crippen LogP contribution in [0.2, 0.25) is 0 Å². The number of nitrogens with zero attached hydrogens (tertiary/aromatic N) is 1. The van der Waals surface area contributed by atoms with Crippen LogP contribution in [0.4, 0.5) is 18.9 Å². The zero-order valence-corrected chi connectivity index (χ0v) is 8.80. The fraction of sp³-hybridized carbons (Fsp3) is 0.250. The minimum absolute atomic E-state index is 0.00718. The molecule has 7 heteroatoms. The first-order chi connectivity index (χ1) is 6.86. The molecule has 0 heterocycles. The van der Waals surface area contributed by atoms with Crippen LogP contribution in [0.3, 0.4) is 0 Å². The smallest absolute Gasteiger partial charge is 0.258 e. The molecule has 1 rings (SSSR count). The maximum absolute atomic E-state index is 12.3. The van der Waals surface area contributed by atoms with Gasteiger partial charge >= 0.3 is 6.18 Å². The lowest BCUT2D eigenvalue weighted by Crippen LogP contribution is -2.06. The Labute approximate surface area is 91.2 Å². The Morgan fingerprint density at radius 2 is 2.00 bits per heavy atom. The monoisotopic (exact) mass is 283 g/mol. The fourth-order valence-corrected chi connectivity index (χ4v) is 1.50. The number of hydrogen-bond acceptors (Lipinski definition) is 2. The van der Waals surface area contributed by atoms with Crippen molar-refractivity contribution in [2.45, 2.75) is 11.5 Å². The highest BCUT2D eigenvalue weighted by molar-refractivity contribution is 9.08. The van der Waals surface area contributed by atoms with E-state index >= 15 is 0 Å². The average molecular weight is 284 g/mol. The van der Waals surface area contributed by atoms with Crippen LogP contribution in [0, 0.1) is 10.1 Å². The molecule has 0 atom stereocenters. The molecule has 0 amide bonds. The third kappa shape index (κ3) is 2.68. The number of benzene rings is 1. The van der Waals surface area contributed by atoms with E-state index in [1.165, 1.54) is 0 Å². The van der Waals surface area contributed by atoms with Crippen molar-refractivity contribution in [1.29, 1.82) is 0 Å². The SMILES string of the molecule is O=[N+]([O-])c1ccc(C(F)(F)F)cc1CBr. The van der Waals surface area contributed by atoms with Gasteiger partial charge in [-0.1, -0.05) is 15.9 Å². The molecule has 15 heavy (non-hydrogen) atoms. The lowest BCUT2D eigenvalue weighted by molar-refractivity contribution is -0.385. The normalized spacial score (nSPS) is 11.5. The molecule has 0 unspecified atom stereocenters. The first-order valence-corrected chi connectivity index (χ1v) is 4.89. The Hall–Kier alpha value is -1.11. The van der Waals surface area contributed by atoms with Gasteiger partial charge in [-0.2, -0.15) is 13.2 Å². The molecule has 1 aromatic carbocycles. The molecule has 0 fully saturated rings. The van der Waals surface area contributed by atoms with Gasteiger partial charge in [-0.05, 0) is 12.1 Å². The molecule has 0 bridgehead atoms. The number of hydrogen-bond donors (Lipinski definition) is 0. The van der Waals surface area contributed by atoms with E-state index in [9.17, 15) is 23.3 Å². The molecule has 0 aliphatic carbocycles. The van der Waals surface area contributed by atoms with E-state index in [0.717, 1.165) is 12.1 Å². The van der Waals surface area contributed by atoms with Gasteiger partial charge in [0.2, 0.25) is 0 Å². The summed E-state index contributed by atoms with van der Waals surface area (Å²) in [5.74, 6) is 0. The Morgan fingerprint density at radius 1 is 1.40 bits per heavy atom. The minimum atomic E-state index is -4.48. The lowest BCUT2D eigenvalue weighted by atomic mass is 10.1. The number of alkyl halides is 4. The molecule has 0 aliphatic heterocycles. The highest BCUT2D eigenvalue weighted by Gasteiger charge is 2.31. The quantitative estimate of drug-likeness (QED) is 0.474. The second-order valence-corrected chi connectivity index (χ2v) is 3.29. The van der Waals surface area contributed by atoms with Crippen LogP contribution in [0.25, 0.3) is 0 Å². The average Bonchev–Trinajstić information content (AvgIpc) is 2.15. The number of halogens is 4. The van der Waals surface area contributed by atoms with Gasteiger partial charge in [0.1, 0.15) is 0 Å². The Balaban J connectivity index is 3.25. The van der Waals surface area contributed by atoms with Crippen molar-refractivity contribution in [3.63, 3.8) is 0 Å². The molecule has 0 spiro atoms. The second-order valence-electron chi connectivity index (χ2n) is 2.73.